The lowest BCUT2D eigenvalue weighted by Gasteiger charge is -2.04. The number of carboxylic acid groups (broad SMARTS) is 1. The summed E-state index contributed by atoms with van der Waals surface area (Å²) in [6.07, 6.45) is 2.80. The molecule has 0 amide bonds. The molecule has 2 aromatic rings. The zero-order valence-corrected chi connectivity index (χ0v) is 11.4. The minimum Gasteiger partial charge on any atom is -0.476 e. The van der Waals surface area contributed by atoms with Crippen LogP contribution in [-0.2, 0) is 11.2 Å². The number of fused-ring (bicyclic) bond motifs is 1. The number of hydrogen-bond acceptors (Lipinski definition) is 5. The van der Waals surface area contributed by atoms with E-state index in [-0.39, 0.29) is 5.69 Å². The predicted octanol–water partition coefficient (Wildman–Crippen LogP) is 2.46. The summed E-state index contributed by atoms with van der Waals surface area (Å²) in [6, 6.07) is 0. The second-order valence-electron chi connectivity index (χ2n) is 4.68. The van der Waals surface area contributed by atoms with Crippen molar-refractivity contribution in [3.05, 3.63) is 22.5 Å². The molecule has 3 rings (SSSR count). The molecule has 100 valence electrons. The van der Waals surface area contributed by atoms with Crippen LogP contribution in [0.15, 0.2) is 5.38 Å². The van der Waals surface area contributed by atoms with Gasteiger partial charge in [0.15, 0.2) is 5.69 Å². The van der Waals surface area contributed by atoms with Crippen LogP contribution in [0.2, 0.25) is 0 Å². The van der Waals surface area contributed by atoms with Crippen LogP contribution in [-0.4, -0.2) is 34.8 Å². The summed E-state index contributed by atoms with van der Waals surface area (Å²) in [4.78, 5) is 20.8. The van der Waals surface area contributed by atoms with Crippen molar-refractivity contribution in [2.75, 3.05) is 13.7 Å². The third kappa shape index (κ3) is 2.33. The highest BCUT2D eigenvalue weighted by Crippen LogP contribution is 2.45. The number of aromatic nitrogens is 2. The highest BCUT2D eigenvalue weighted by molar-refractivity contribution is 7.17. The van der Waals surface area contributed by atoms with Gasteiger partial charge in [0.05, 0.1) is 6.61 Å². The molecule has 19 heavy (non-hydrogen) atoms. The summed E-state index contributed by atoms with van der Waals surface area (Å²) >= 11 is 1.51. The second-order valence-corrected chi connectivity index (χ2v) is 5.54. The Labute approximate surface area is 114 Å². The summed E-state index contributed by atoms with van der Waals surface area (Å²) in [5.74, 6) is 0.0580. The molecule has 2 aromatic heterocycles. The number of hydrogen-bond donors (Lipinski definition) is 1. The maximum Gasteiger partial charge on any atom is 0.355 e. The Morgan fingerprint density at radius 1 is 1.53 bits per heavy atom. The van der Waals surface area contributed by atoms with Crippen molar-refractivity contribution in [1.82, 2.24) is 9.97 Å². The number of rotatable bonds is 5. The zero-order valence-electron chi connectivity index (χ0n) is 10.5. The zero-order chi connectivity index (χ0) is 13.4. The quantitative estimate of drug-likeness (QED) is 0.909. The van der Waals surface area contributed by atoms with Crippen molar-refractivity contribution < 1.29 is 14.6 Å². The van der Waals surface area contributed by atoms with E-state index in [0.29, 0.717) is 24.8 Å². The lowest BCUT2D eigenvalue weighted by atomic mass is 10.1. The number of carbonyl (C=O) groups is 1. The van der Waals surface area contributed by atoms with Crippen LogP contribution in [0.5, 0.6) is 0 Å². The normalized spacial score (nSPS) is 15.0. The first-order valence-corrected chi connectivity index (χ1v) is 7.09. The average molecular weight is 278 g/mol. The first-order chi connectivity index (χ1) is 9.20. The molecule has 0 unspecified atom stereocenters. The average Bonchev–Trinajstić information content (AvgIpc) is 3.15. The molecule has 0 atom stereocenters. The minimum absolute atomic E-state index is 0.138. The number of thiophene rings is 1. The standard InChI is InChI=1S/C13H14N2O3S/c1-18-5-4-9-14-11(13(16)17)10-8(7-2-3-7)6-19-12(10)15-9/h6-7H,2-5H2,1H3,(H,16,17). The number of methoxy groups -OCH3 is 1. The monoisotopic (exact) mass is 278 g/mol. The van der Waals surface area contributed by atoms with E-state index in [4.69, 9.17) is 4.74 Å². The maximum atomic E-state index is 11.4. The van der Waals surface area contributed by atoms with Gasteiger partial charge in [0.25, 0.3) is 0 Å². The summed E-state index contributed by atoms with van der Waals surface area (Å²) in [5, 5.41) is 12.1. The lowest BCUT2D eigenvalue weighted by Crippen LogP contribution is -2.08. The van der Waals surface area contributed by atoms with E-state index in [1.807, 2.05) is 5.38 Å². The van der Waals surface area contributed by atoms with Gasteiger partial charge in [-0.1, -0.05) is 0 Å². The lowest BCUT2D eigenvalue weighted by molar-refractivity contribution is 0.0692. The van der Waals surface area contributed by atoms with Crippen LogP contribution < -0.4 is 0 Å². The molecular weight excluding hydrogens is 264 g/mol. The Morgan fingerprint density at radius 2 is 2.32 bits per heavy atom. The molecule has 0 spiro atoms. The Morgan fingerprint density at radius 3 is 2.95 bits per heavy atom. The molecule has 0 saturated heterocycles. The van der Waals surface area contributed by atoms with E-state index in [0.717, 1.165) is 28.6 Å². The Hall–Kier alpha value is -1.53. The molecular formula is C13H14N2O3S. The van der Waals surface area contributed by atoms with Gasteiger partial charge in [0.1, 0.15) is 10.7 Å². The fourth-order valence-electron chi connectivity index (χ4n) is 2.16. The number of nitrogens with zero attached hydrogens (tertiary/aromatic N) is 2. The molecule has 1 aliphatic carbocycles. The molecule has 1 aliphatic rings. The van der Waals surface area contributed by atoms with Gasteiger partial charge >= 0.3 is 5.97 Å². The van der Waals surface area contributed by atoms with Gasteiger partial charge in [-0.05, 0) is 29.7 Å². The minimum atomic E-state index is -0.980. The highest BCUT2D eigenvalue weighted by atomic mass is 32.1. The van der Waals surface area contributed by atoms with Gasteiger partial charge in [0.2, 0.25) is 0 Å². The van der Waals surface area contributed by atoms with Crippen LogP contribution in [0.4, 0.5) is 0 Å². The maximum absolute atomic E-state index is 11.4. The summed E-state index contributed by atoms with van der Waals surface area (Å²) in [7, 11) is 1.60. The smallest absolute Gasteiger partial charge is 0.355 e. The summed E-state index contributed by atoms with van der Waals surface area (Å²) < 4.78 is 4.99. The summed E-state index contributed by atoms with van der Waals surface area (Å²) in [5.41, 5.74) is 1.25. The SMILES string of the molecule is COCCc1nc(C(=O)O)c2c(C3CC3)csc2n1. The van der Waals surface area contributed by atoms with Crippen LogP contribution in [0, 0.1) is 0 Å². The Balaban J connectivity index is 2.12. The van der Waals surface area contributed by atoms with Crippen molar-refractivity contribution in [2.24, 2.45) is 0 Å². The van der Waals surface area contributed by atoms with Crippen LogP contribution in [0.1, 0.15) is 40.6 Å². The Kier molecular flexibility index (Phi) is 3.20. The van der Waals surface area contributed by atoms with Crippen molar-refractivity contribution in [1.29, 1.82) is 0 Å². The molecule has 6 heteroatoms. The third-order valence-electron chi connectivity index (χ3n) is 3.26. The van der Waals surface area contributed by atoms with Crippen molar-refractivity contribution in [3.63, 3.8) is 0 Å². The van der Waals surface area contributed by atoms with Gasteiger partial charge in [0, 0.05) is 18.9 Å². The third-order valence-corrected chi connectivity index (χ3v) is 4.15. The first-order valence-electron chi connectivity index (χ1n) is 6.21. The predicted molar refractivity (Wildman–Crippen MR) is 71.9 cm³/mol. The van der Waals surface area contributed by atoms with E-state index in [9.17, 15) is 9.90 Å². The van der Waals surface area contributed by atoms with E-state index >= 15 is 0 Å². The van der Waals surface area contributed by atoms with Gasteiger partial charge in [-0.15, -0.1) is 11.3 Å². The van der Waals surface area contributed by atoms with Crippen LogP contribution in [0.3, 0.4) is 0 Å². The van der Waals surface area contributed by atoms with Crippen molar-refractivity contribution in [2.45, 2.75) is 25.2 Å². The van der Waals surface area contributed by atoms with E-state index < -0.39 is 5.97 Å². The second kappa shape index (κ2) is 4.86. The van der Waals surface area contributed by atoms with E-state index in [1.165, 1.54) is 11.3 Å². The molecule has 0 radical (unpaired) electrons. The Bertz CT molecular complexity index is 634. The largest absolute Gasteiger partial charge is 0.476 e. The summed E-state index contributed by atoms with van der Waals surface area (Å²) in [6.45, 7) is 0.491. The fraction of sp³-hybridized carbons (Fsp3) is 0.462. The number of carboxylic acids is 1. The fourth-order valence-corrected chi connectivity index (χ4v) is 3.20. The van der Waals surface area contributed by atoms with Gasteiger partial charge in [-0.2, -0.15) is 0 Å². The number of aromatic carboxylic acids is 1. The molecule has 2 heterocycles. The molecule has 0 bridgehead atoms. The van der Waals surface area contributed by atoms with E-state index in [1.54, 1.807) is 7.11 Å². The first kappa shape index (κ1) is 12.5. The van der Waals surface area contributed by atoms with Gasteiger partial charge < -0.3 is 9.84 Å². The van der Waals surface area contributed by atoms with Crippen molar-refractivity contribution in [3.8, 4) is 0 Å². The molecule has 0 aliphatic heterocycles. The van der Waals surface area contributed by atoms with Crippen LogP contribution >= 0.6 is 11.3 Å². The van der Waals surface area contributed by atoms with Crippen molar-refractivity contribution >= 4 is 27.5 Å². The number of ether oxygens (including phenoxy) is 1. The topological polar surface area (TPSA) is 72.3 Å². The molecule has 5 nitrogen and oxygen atoms in total. The molecule has 1 saturated carbocycles. The van der Waals surface area contributed by atoms with Gasteiger partial charge in [-0.3, -0.25) is 0 Å². The highest BCUT2D eigenvalue weighted by Gasteiger charge is 2.29. The van der Waals surface area contributed by atoms with Crippen LogP contribution in [0.25, 0.3) is 10.2 Å². The molecule has 0 aromatic carbocycles. The molecule has 1 fully saturated rings. The van der Waals surface area contributed by atoms with Gasteiger partial charge in [-0.25, -0.2) is 14.8 Å². The molecule has 1 N–H and O–H groups in total. The van der Waals surface area contributed by atoms with E-state index in [2.05, 4.69) is 9.97 Å².